The molecule has 88 valence electrons. The van der Waals surface area contributed by atoms with E-state index < -0.39 is 9.84 Å². The van der Waals surface area contributed by atoms with E-state index in [-0.39, 0.29) is 6.04 Å². The second kappa shape index (κ2) is 5.29. The first-order chi connectivity index (χ1) is 7.16. The van der Waals surface area contributed by atoms with Crippen molar-refractivity contribution in [2.24, 2.45) is 0 Å². The highest BCUT2D eigenvalue weighted by atomic mass is 32.2. The van der Waals surface area contributed by atoms with Gasteiger partial charge in [-0.2, -0.15) is 23.5 Å². The lowest BCUT2D eigenvalue weighted by Crippen LogP contribution is -2.41. The number of sulfone groups is 1. The molecule has 0 aromatic heterocycles. The third-order valence-electron chi connectivity index (χ3n) is 2.71. The molecule has 0 unspecified atom stereocenters. The minimum atomic E-state index is -2.73. The van der Waals surface area contributed by atoms with Gasteiger partial charge in [0.2, 0.25) is 0 Å². The van der Waals surface area contributed by atoms with Crippen LogP contribution >= 0.6 is 23.5 Å². The van der Waals surface area contributed by atoms with Crippen molar-refractivity contribution in [1.29, 1.82) is 0 Å². The Hall–Kier alpha value is 0.610. The van der Waals surface area contributed by atoms with Crippen molar-refractivity contribution in [2.75, 3.05) is 34.5 Å². The molecule has 2 aliphatic rings. The first kappa shape index (κ1) is 12.1. The molecule has 1 atom stereocenters. The number of rotatable bonds is 2. The van der Waals surface area contributed by atoms with Crippen LogP contribution in [0, 0.1) is 0 Å². The zero-order valence-electron chi connectivity index (χ0n) is 8.65. The maximum atomic E-state index is 11.3. The fourth-order valence-electron chi connectivity index (χ4n) is 1.97. The molecule has 2 saturated heterocycles. The van der Waals surface area contributed by atoms with E-state index in [4.69, 9.17) is 0 Å². The van der Waals surface area contributed by atoms with Crippen LogP contribution in [0.1, 0.15) is 6.42 Å². The van der Waals surface area contributed by atoms with Crippen molar-refractivity contribution < 1.29 is 8.42 Å². The number of nitrogens with one attached hydrogen (secondary N) is 1. The van der Waals surface area contributed by atoms with Crippen molar-refractivity contribution in [2.45, 2.75) is 18.5 Å². The normalized spacial score (nSPS) is 32.7. The van der Waals surface area contributed by atoms with Gasteiger partial charge in [0.1, 0.15) is 0 Å². The average Bonchev–Trinajstić information content (AvgIpc) is 2.41. The van der Waals surface area contributed by atoms with E-state index in [1.165, 1.54) is 11.5 Å². The third kappa shape index (κ3) is 3.84. The summed E-state index contributed by atoms with van der Waals surface area (Å²) >= 11 is 3.95. The lowest BCUT2D eigenvalue weighted by atomic mass is 10.2. The van der Waals surface area contributed by atoms with Crippen molar-refractivity contribution in [1.82, 2.24) is 5.32 Å². The SMILES string of the molecule is O=S1(=O)CC[C@H](NC2CSCCSC2)C1. The van der Waals surface area contributed by atoms with E-state index >= 15 is 0 Å². The Balaban J connectivity index is 1.81. The van der Waals surface area contributed by atoms with Crippen LogP contribution in [0.25, 0.3) is 0 Å². The third-order valence-corrected chi connectivity index (χ3v) is 7.00. The molecule has 0 aromatic carbocycles. The summed E-state index contributed by atoms with van der Waals surface area (Å²) in [5.41, 5.74) is 0. The van der Waals surface area contributed by atoms with E-state index in [9.17, 15) is 8.42 Å². The van der Waals surface area contributed by atoms with Crippen molar-refractivity contribution in [3.05, 3.63) is 0 Å². The van der Waals surface area contributed by atoms with Gasteiger partial charge in [-0.05, 0) is 6.42 Å². The average molecular weight is 267 g/mol. The van der Waals surface area contributed by atoms with Gasteiger partial charge in [0.25, 0.3) is 0 Å². The number of thioether (sulfide) groups is 2. The van der Waals surface area contributed by atoms with Gasteiger partial charge >= 0.3 is 0 Å². The molecule has 2 aliphatic heterocycles. The Labute approximate surface area is 100 Å². The topological polar surface area (TPSA) is 46.2 Å². The summed E-state index contributed by atoms with van der Waals surface area (Å²) in [6.07, 6.45) is 0.800. The van der Waals surface area contributed by atoms with Gasteiger partial charge in [-0.25, -0.2) is 8.42 Å². The van der Waals surface area contributed by atoms with Gasteiger partial charge in [0, 0.05) is 35.1 Å². The van der Waals surface area contributed by atoms with Gasteiger partial charge in [-0.15, -0.1) is 0 Å². The van der Waals surface area contributed by atoms with Gasteiger partial charge in [0.05, 0.1) is 11.5 Å². The monoisotopic (exact) mass is 267 g/mol. The van der Waals surface area contributed by atoms with Gasteiger partial charge in [-0.1, -0.05) is 0 Å². The van der Waals surface area contributed by atoms with Crippen LogP contribution < -0.4 is 5.32 Å². The molecule has 0 radical (unpaired) electrons. The Bertz CT molecular complexity index is 296. The summed E-state index contributed by atoms with van der Waals surface area (Å²) in [5.74, 6) is 5.43. The molecule has 0 aromatic rings. The number of hydrogen-bond donors (Lipinski definition) is 1. The summed E-state index contributed by atoms with van der Waals surface area (Å²) in [7, 11) is -2.73. The Morgan fingerprint density at radius 3 is 2.27 bits per heavy atom. The van der Waals surface area contributed by atoms with Crippen LogP contribution in [0.4, 0.5) is 0 Å². The lowest BCUT2D eigenvalue weighted by Gasteiger charge is -2.19. The highest BCUT2D eigenvalue weighted by Crippen LogP contribution is 2.19. The Morgan fingerprint density at radius 1 is 1.07 bits per heavy atom. The highest BCUT2D eigenvalue weighted by molar-refractivity contribution is 8.03. The summed E-state index contributed by atoms with van der Waals surface area (Å²) in [4.78, 5) is 0. The molecule has 0 spiro atoms. The minimum Gasteiger partial charge on any atom is -0.309 e. The van der Waals surface area contributed by atoms with E-state index in [1.807, 2.05) is 23.5 Å². The van der Waals surface area contributed by atoms with Crippen LogP contribution in [0.15, 0.2) is 0 Å². The van der Waals surface area contributed by atoms with E-state index in [2.05, 4.69) is 5.32 Å². The highest BCUT2D eigenvalue weighted by Gasteiger charge is 2.29. The molecule has 3 nitrogen and oxygen atoms in total. The Morgan fingerprint density at radius 2 is 1.73 bits per heavy atom. The van der Waals surface area contributed by atoms with Crippen LogP contribution in [-0.4, -0.2) is 55.0 Å². The zero-order chi connectivity index (χ0) is 10.7. The molecule has 2 rings (SSSR count). The molecular weight excluding hydrogens is 250 g/mol. The first-order valence-electron chi connectivity index (χ1n) is 5.28. The summed E-state index contributed by atoms with van der Waals surface area (Å²) in [5, 5.41) is 3.49. The molecule has 15 heavy (non-hydrogen) atoms. The van der Waals surface area contributed by atoms with Crippen LogP contribution in [0.2, 0.25) is 0 Å². The molecule has 0 amide bonds. The summed E-state index contributed by atoms with van der Waals surface area (Å²) < 4.78 is 22.6. The minimum absolute atomic E-state index is 0.208. The smallest absolute Gasteiger partial charge is 0.151 e. The standard InChI is InChI=1S/C9H17NO2S3/c11-15(12)4-1-8(7-15)10-9-5-13-2-3-14-6-9/h8-10H,1-7H2/t8-/m0/s1. The molecule has 0 aliphatic carbocycles. The van der Waals surface area contributed by atoms with E-state index in [0.717, 1.165) is 17.9 Å². The van der Waals surface area contributed by atoms with Gasteiger partial charge in [0.15, 0.2) is 9.84 Å². The summed E-state index contributed by atoms with van der Waals surface area (Å²) in [6.45, 7) is 0. The fraction of sp³-hybridized carbons (Fsp3) is 1.00. The van der Waals surface area contributed by atoms with Crippen molar-refractivity contribution in [3.63, 3.8) is 0 Å². The van der Waals surface area contributed by atoms with Crippen LogP contribution in [-0.2, 0) is 9.84 Å². The second-order valence-corrected chi connectivity index (χ2v) is 8.64. The van der Waals surface area contributed by atoms with Gasteiger partial charge in [-0.3, -0.25) is 0 Å². The molecule has 1 N–H and O–H groups in total. The molecule has 0 saturated carbocycles. The van der Waals surface area contributed by atoms with Crippen LogP contribution in [0.5, 0.6) is 0 Å². The van der Waals surface area contributed by atoms with E-state index in [0.29, 0.717) is 17.5 Å². The predicted molar refractivity (Wildman–Crippen MR) is 68.6 cm³/mol. The molecule has 2 heterocycles. The first-order valence-corrected chi connectivity index (χ1v) is 9.41. The lowest BCUT2D eigenvalue weighted by molar-refractivity contribution is 0.505. The quantitative estimate of drug-likeness (QED) is 0.794. The molecule has 6 heteroatoms. The molecule has 2 fully saturated rings. The van der Waals surface area contributed by atoms with E-state index in [1.54, 1.807) is 0 Å². The maximum absolute atomic E-state index is 11.3. The van der Waals surface area contributed by atoms with Crippen LogP contribution in [0.3, 0.4) is 0 Å². The maximum Gasteiger partial charge on any atom is 0.151 e. The van der Waals surface area contributed by atoms with Crippen molar-refractivity contribution in [3.8, 4) is 0 Å². The van der Waals surface area contributed by atoms with Crippen molar-refractivity contribution >= 4 is 33.4 Å². The number of hydrogen-bond acceptors (Lipinski definition) is 5. The van der Waals surface area contributed by atoms with Gasteiger partial charge < -0.3 is 5.32 Å². The molecular formula is C9H17NO2S3. The summed E-state index contributed by atoms with van der Waals surface area (Å²) in [6, 6.07) is 0.708. The molecule has 0 bridgehead atoms. The fourth-order valence-corrected chi connectivity index (χ4v) is 6.08. The predicted octanol–water partition coefficient (Wildman–Crippen LogP) is 0.612. The zero-order valence-corrected chi connectivity index (χ0v) is 11.1. The Kier molecular flexibility index (Phi) is 4.26. The largest absolute Gasteiger partial charge is 0.309 e. The second-order valence-electron chi connectivity index (χ2n) is 4.11.